The zero-order chi connectivity index (χ0) is 21.3. The Labute approximate surface area is 182 Å². The molecule has 0 aliphatic carbocycles. The van der Waals surface area contributed by atoms with Crippen molar-refractivity contribution in [1.29, 1.82) is 0 Å². The monoisotopic (exact) mass is 429 g/mol. The van der Waals surface area contributed by atoms with E-state index in [0.717, 1.165) is 30.9 Å². The maximum Gasteiger partial charge on any atom is 0.251 e. The van der Waals surface area contributed by atoms with E-state index in [0.29, 0.717) is 43.2 Å². The van der Waals surface area contributed by atoms with Crippen LogP contribution in [0.5, 0.6) is 5.75 Å². The van der Waals surface area contributed by atoms with Crippen LogP contribution in [0.1, 0.15) is 22.3 Å². The van der Waals surface area contributed by atoms with Crippen LogP contribution in [0.4, 0.5) is 0 Å². The lowest BCUT2D eigenvalue weighted by Crippen LogP contribution is -2.50. The van der Waals surface area contributed by atoms with E-state index in [1.165, 1.54) is 0 Å². The summed E-state index contributed by atoms with van der Waals surface area (Å²) in [6.45, 7) is 6.76. The number of carbonyl (C=O) groups excluding carboxylic acids is 2. The van der Waals surface area contributed by atoms with Crippen LogP contribution in [0, 0.1) is 6.92 Å². The van der Waals surface area contributed by atoms with Gasteiger partial charge in [-0.1, -0.05) is 29.3 Å². The predicted octanol–water partition coefficient (Wildman–Crippen LogP) is 2.99. The van der Waals surface area contributed by atoms with Crippen LogP contribution in [0.25, 0.3) is 0 Å². The number of rotatable bonds is 8. The minimum Gasteiger partial charge on any atom is -0.492 e. The summed E-state index contributed by atoms with van der Waals surface area (Å²) in [5, 5.41) is 3.52. The number of hydrogen-bond acceptors (Lipinski definition) is 4. The van der Waals surface area contributed by atoms with Gasteiger partial charge in [0, 0.05) is 56.3 Å². The summed E-state index contributed by atoms with van der Waals surface area (Å²) < 4.78 is 5.74. The molecule has 2 aromatic carbocycles. The molecule has 0 saturated carbocycles. The summed E-state index contributed by atoms with van der Waals surface area (Å²) in [5.41, 5.74) is 1.66. The average molecular weight is 430 g/mol. The highest BCUT2D eigenvalue weighted by molar-refractivity contribution is 6.30. The van der Waals surface area contributed by atoms with E-state index in [-0.39, 0.29) is 11.8 Å². The lowest BCUT2D eigenvalue weighted by atomic mass is 10.1. The van der Waals surface area contributed by atoms with Gasteiger partial charge in [0.1, 0.15) is 12.4 Å². The van der Waals surface area contributed by atoms with Gasteiger partial charge in [0.2, 0.25) is 5.91 Å². The largest absolute Gasteiger partial charge is 0.492 e. The van der Waals surface area contributed by atoms with Crippen molar-refractivity contribution in [1.82, 2.24) is 15.1 Å². The number of ether oxygens (including phenoxy) is 1. The fourth-order valence-corrected chi connectivity index (χ4v) is 3.50. The van der Waals surface area contributed by atoms with Gasteiger partial charge in [0.15, 0.2) is 0 Å². The first-order chi connectivity index (χ1) is 14.5. The predicted molar refractivity (Wildman–Crippen MR) is 118 cm³/mol. The standard InChI is InChI=1S/C23H28ClN3O3/c1-18-3-2-4-19(17-18)23(29)25-10-9-22(28)27-13-11-26(12-14-27)15-16-30-21-7-5-20(24)6-8-21/h2-8,17H,9-16H2,1H3,(H,25,29). The minimum absolute atomic E-state index is 0.0802. The molecule has 1 aliphatic heterocycles. The average Bonchev–Trinajstić information content (AvgIpc) is 2.75. The second kappa shape index (κ2) is 11.0. The third-order valence-corrected chi connectivity index (χ3v) is 5.37. The molecule has 3 rings (SSSR count). The van der Waals surface area contributed by atoms with Gasteiger partial charge in [-0.3, -0.25) is 14.5 Å². The Balaban J connectivity index is 1.31. The Morgan fingerprint density at radius 1 is 1.07 bits per heavy atom. The van der Waals surface area contributed by atoms with Crippen LogP contribution < -0.4 is 10.1 Å². The van der Waals surface area contributed by atoms with Crippen molar-refractivity contribution in [3.63, 3.8) is 0 Å². The third kappa shape index (κ3) is 6.75. The van der Waals surface area contributed by atoms with E-state index in [2.05, 4.69) is 10.2 Å². The topological polar surface area (TPSA) is 61.9 Å². The number of amides is 2. The van der Waals surface area contributed by atoms with Crippen molar-refractivity contribution >= 4 is 23.4 Å². The van der Waals surface area contributed by atoms with Crippen LogP contribution in [-0.4, -0.2) is 67.5 Å². The van der Waals surface area contributed by atoms with Crippen molar-refractivity contribution in [2.24, 2.45) is 0 Å². The number of nitrogens with zero attached hydrogens (tertiary/aromatic N) is 2. The number of nitrogens with one attached hydrogen (secondary N) is 1. The van der Waals surface area contributed by atoms with E-state index in [9.17, 15) is 9.59 Å². The van der Waals surface area contributed by atoms with Crippen molar-refractivity contribution in [3.05, 3.63) is 64.7 Å². The molecule has 0 spiro atoms. The molecule has 1 aliphatic rings. The van der Waals surface area contributed by atoms with Gasteiger partial charge in [0.25, 0.3) is 5.91 Å². The molecule has 6 nitrogen and oxygen atoms in total. The summed E-state index contributed by atoms with van der Waals surface area (Å²) in [5.74, 6) is 0.745. The summed E-state index contributed by atoms with van der Waals surface area (Å²) >= 11 is 5.87. The molecule has 30 heavy (non-hydrogen) atoms. The molecule has 1 N–H and O–H groups in total. The van der Waals surface area contributed by atoms with E-state index in [4.69, 9.17) is 16.3 Å². The van der Waals surface area contributed by atoms with Crippen LogP contribution in [0.2, 0.25) is 5.02 Å². The van der Waals surface area contributed by atoms with E-state index < -0.39 is 0 Å². The molecule has 160 valence electrons. The molecular formula is C23H28ClN3O3. The first kappa shape index (κ1) is 22.1. The molecule has 1 fully saturated rings. The zero-order valence-corrected chi connectivity index (χ0v) is 18.0. The van der Waals surface area contributed by atoms with Crippen LogP contribution >= 0.6 is 11.6 Å². The van der Waals surface area contributed by atoms with Gasteiger partial charge in [-0.25, -0.2) is 0 Å². The Morgan fingerprint density at radius 2 is 1.80 bits per heavy atom. The van der Waals surface area contributed by atoms with E-state index in [1.54, 1.807) is 6.07 Å². The molecular weight excluding hydrogens is 402 g/mol. The van der Waals surface area contributed by atoms with Gasteiger partial charge >= 0.3 is 0 Å². The summed E-state index contributed by atoms with van der Waals surface area (Å²) in [7, 11) is 0. The van der Waals surface area contributed by atoms with Crippen LogP contribution in [0.15, 0.2) is 48.5 Å². The van der Waals surface area contributed by atoms with Gasteiger partial charge < -0.3 is 15.0 Å². The first-order valence-electron chi connectivity index (χ1n) is 10.2. The quantitative estimate of drug-likeness (QED) is 0.700. The molecule has 2 aromatic rings. The normalized spacial score (nSPS) is 14.4. The molecule has 0 aromatic heterocycles. The van der Waals surface area contributed by atoms with Gasteiger partial charge in [0.05, 0.1) is 0 Å². The fourth-order valence-electron chi connectivity index (χ4n) is 3.37. The number of piperazine rings is 1. The highest BCUT2D eigenvalue weighted by atomic mass is 35.5. The highest BCUT2D eigenvalue weighted by Gasteiger charge is 2.20. The number of halogens is 1. The molecule has 2 amide bonds. The zero-order valence-electron chi connectivity index (χ0n) is 17.3. The van der Waals surface area contributed by atoms with Gasteiger partial charge in [-0.15, -0.1) is 0 Å². The summed E-state index contributed by atoms with van der Waals surface area (Å²) in [4.78, 5) is 28.7. The highest BCUT2D eigenvalue weighted by Crippen LogP contribution is 2.15. The maximum absolute atomic E-state index is 12.4. The van der Waals surface area contributed by atoms with E-state index in [1.807, 2.05) is 54.3 Å². The molecule has 0 atom stereocenters. The Kier molecular flexibility index (Phi) is 8.11. The van der Waals surface area contributed by atoms with Crippen molar-refractivity contribution in [2.75, 3.05) is 45.9 Å². The smallest absolute Gasteiger partial charge is 0.251 e. The molecule has 1 saturated heterocycles. The minimum atomic E-state index is -0.142. The molecule has 0 radical (unpaired) electrons. The summed E-state index contributed by atoms with van der Waals surface area (Å²) in [6, 6.07) is 14.8. The Bertz CT molecular complexity index is 849. The van der Waals surface area contributed by atoms with E-state index >= 15 is 0 Å². The SMILES string of the molecule is Cc1cccc(C(=O)NCCC(=O)N2CCN(CCOc3ccc(Cl)cc3)CC2)c1. The van der Waals surface area contributed by atoms with Crippen molar-refractivity contribution < 1.29 is 14.3 Å². The number of carbonyl (C=O) groups is 2. The first-order valence-corrected chi connectivity index (χ1v) is 10.6. The molecule has 0 unspecified atom stereocenters. The van der Waals surface area contributed by atoms with Crippen molar-refractivity contribution in [3.8, 4) is 5.75 Å². The lowest BCUT2D eigenvalue weighted by molar-refractivity contribution is -0.132. The lowest BCUT2D eigenvalue weighted by Gasteiger charge is -2.34. The molecule has 1 heterocycles. The summed E-state index contributed by atoms with van der Waals surface area (Å²) in [6.07, 6.45) is 0.317. The fraction of sp³-hybridized carbons (Fsp3) is 0.391. The Morgan fingerprint density at radius 3 is 2.50 bits per heavy atom. The second-order valence-electron chi connectivity index (χ2n) is 7.40. The number of hydrogen-bond donors (Lipinski definition) is 1. The van der Waals surface area contributed by atoms with Gasteiger partial charge in [-0.2, -0.15) is 0 Å². The molecule has 7 heteroatoms. The Hall–Kier alpha value is -2.57. The van der Waals surface area contributed by atoms with Crippen LogP contribution in [-0.2, 0) is 4.79 Å². The van der Waals surface area contributed by atoms with Gasteiger partial charge in [-0.05, 0) is 43.3 Å². The van der Waals surface area contributed by atoms with Crippen molar-refractivity contribution in [2.45, 2.75) is 13.3 Å². The van der Waals surface area contributed by atoms with Crippen LogP contribution in [0.3, 0.4) is 0 Å². The number of benzene rings is 2. The third-order valence-electron chi connectivity index (χ3n) is 5.12. The second-order valence-corrected chi connectivity index (χ2v) is 7.84. The molecule has 0 bridgehead atoms. The maximum atomic E-state index is 12.4. The number of aryl methyl sites for hydroxylation is 1.